The first-order chi connectivity index (χ1) is 17.1. The summed E-state index contributed by atoms with van der Waals surface area (Å²) in [5.74, 6) is 0.609. The van der Waals surface area contributed by atoms with Crippen molar-refractivity contribution in [2.75, 3.05) is 0 Å². The minimum absolute atomic E-state index is 0.243. The van der Waals surface area contributed by atoms with E-state index in [9.17, 15) is 4.79 Å². The Morgan fingerprint density at radius 2 is 1.60 bits per heavy atom. The lowest BCUT2D eigenvalue weighted by atomic mass is 10.0. The van der Waals surface area contributed by atoms with Crippen molar-refractivity contribution in [2.24, 2.45) is 0 Å². The Kier molecular flexibility index (Phi) is 6.60. The van der Waals surface area contributed by atoms with Gasteiger partial charge in [0.05, 0.1) is 0 Å². The number of benzene rings is 3. The summed E-state index contributed by atoms with van der Waals surface area (Å²) in [6.07, 6.45) is 0.782. The van der Waals surface area contributed by atoms with E-state index in [0.29, 0.717) is 12.1 Å². The summed E-state index contributed by atoms with van der Waals surface area (Å²) in [7, 11) is 0. The highest BCUT2D eigenvalue weighted by Gasteiger charge is 2.12. The fraction of sp³-hybridized carbons (Fsp3) is 0.115. The van der Waals surface area contributed by atoms with Crippen molar-refractivity contribution in [3.05, 3.63) is 95.8 Å². The van der Waals surface area contributed by atoms with Crippen molar-refractivity contribution in [3.63, 3.8) is 0 Å². The monoisotopic (exact) mass is 498 g/mol. The first-order valence-corrected chi connectivity index (χ1v) is 12.4. The zero-order valence-electron chi connectivity index (χ0n) is 18.9. The maximum Gasteiger partial charge on any atom is 0.257 e. The number of fused-ring (bicyclic) bond motifs is 1. The smallest absolute Gasteiger partial charge is 0.257 e. The summed E-state index contributed by atoms with van der Waals surface area (Å²) in [5.41, 5.74) is 4.76. The van der Waals surface area contributed by atoms with Gasteiger partial charge >= 0.3 is 0 Å². The topological polar surface area (TPSA) is 84.2 Å². The van der Waals surface area contributed by atoms with Gasteiger partial charge in [0.2, 0.25) is 4.96 Å². The van der Waals surface area contributed by atoms with Crippen LogP contribution in [0, 0.1) is 0 Å². The van der Waals surface area contributed by atoms with E-state index in [1.165, 1.54) is 11.3 Å². The van der Waals surface area contributed by atoms with Crippen molar-refractivity contribution >= 4 is 39.5 Å². The van der Waals surface area contributed by atoms with Crippen LogP contribution >= 0.6 is 23.6 Å². The number of aromatic nitrogens is 4. The third-order valence-electron chi connectivity index (χ3n) is 5.51. The minimum atomic E-state index is -0.243. The fourth-order valence-corrected chi connectivity index (χ4v) is 4.63. The van der Waals surface area contributed by atoms with Crippen molar-refractivity contribution in [1.82, 2.24) is 30.4 Å². The highest BCUT2D eigenvalue weighted by atomic mass is 32.1. The van der Waals surface area contributed by atoms with Crippen LogP contribution in [0.25, 0.3) is 26.7 Å². The molecule has 3 aromatic carbocycles. The molecule has 0 aliphatic rings. The zero-order chi connectivity index (χ0) is 24.2. The van der Waals surface area contributed by atoms with Crippen LogP contribution in [0.15, 0.2) is 78.9 Å². The summed E-state index contributed by atoms with van der Waals surface area (Å²) in [6, 6.07) is 25.6. The van der Waals surface area contributed by atoms with E-state index in [-0.39, 0.29) is 11.0 Å². The van der Waals surface area contributed by atoms with E-state index < -0.39 is 0 Å². The normalized spacial score (nSPS) is 10.9. The molecule has 0 atom stereocenters. The van der Waals surface area contributed by atoms with E-state index in [2.05, 4.69) is 25.9 Å². The van der Waals surface area contributed by atoms with Crippen molar-refractivity contribution in [1.29, 1.82) is 0 Å². The van der Waals surface area contributed by atoms with Gasteiger partial charge in [-0.15, -0.1) is 10.2 Å². The van der Waals surface area contributed by atoms with E-state index in [1.807, 2.05) is 73.7 Å². The van der Waals surface area contributed by atoms with E-state index in [0.717, 1.165) is 44.5 Å². The Hall–Kier alpha value is -3.95. The Balaban J connectivity index is 1.15. The SMILES string of the molecule is CCc1nnc2sc(-c3ccc(CNC(=S)NC(=O)c4ccc(-c5ccccc5)cc4)cc3)nn12. The largest absolute Gasteiger partial charge is 0.358 e. The molecule has 35 heavy (non-hydrogen) atoms. The molecular formula is C26H22N6OS2. The highest BCUT2D eigenvalue weighted by Crippen LogP contribution is 2.26. The molecule has 0 saturated heterocycles. The van der Waals surface area contributed by atoms with Gasteiger partial charge in [-0.05, 0) is 41.0 Å². The molecule has 0 aliphatic heterocycles. The molecule has 0 unspecified atom stereocenters. The van der Waals surface area contributed by atoms with Crippen molar-refractivity contribution < 1.29 is 4.79 Å². The Bertz CT molecular complexity index is 1470. The van der Waals surface area contributed by atoms with Gasteiger partial charge in [-0.1, -0.05) is 85.0 Å². The highest BCUT2D eigenvalue weighted by molar-refractivity contribution is 7.80. The molecule has 1 amide bonds. The average molecular weight is 499 g/mol. The molecule has 0 bridgehead atoms. The van der Waals surface area contributed by atoms with Gasteiger partial charge in [-0.2, -0.15) is 9.61 Å². The first-order valence-electron chi connectivity index (χ1n) is 11.2. The fourth-order valence-electron chi connectivity index (χ4n) is 3.61. The van der Waals surface area contributed by atoms with Gasteiger partial charge in [0.25, 0.3) is 5.91 Å². The van der Waals surface area contributed by atoms with Gasteiger partial charge in [0.15, 0.2) is 10.9 Å². The number of nitrogens with one attached hydrogen (secondary N) is 2. The number of hydrogen-bond donors (Lipinski definition) is 2. The number of aryl methyl sites for hydroxylation is 1. The molecule has 7 nitrogen and oxygen atoms in total. The third-order valence-corrected chi connectivity index (χ3v) is 6.70. The predicted molar refractivity (Wildman–Crippen MR) is 142 cm³/mol. The number of carbonyl (C=O) groups is 1. The van der Waals surface area contributed by atoms with E-state index in [4.69, 9.17) is 12.2 Å². The Morgan fingerprint density at radius 3 is 2.31 bits per heavy atom. The quantitative estimate of drug-likeness (QED) is 0.325. The minimum Gasteiger partial charge on any atom is -0.358 e. The second-order valence-corrected chi connectivity index (χ2v) is 9.21. The first kappa shape index (κ1) is 22.8. The molecule has 9 heteroatoms. The number of hydrogen-bond acceptors (Lipinski definition) is 6. The van der Waals surface area contributed by atoms with E-state index in [1.54, 1.807) is 16.6 Å². The standard InChI is InChI=1S/C26H22N6OS2/c1-2-22-29-30-26-32(22)31-24(35-26)21-10-8-17(9-11-21)16-27-25(34)28-23(33)20-14-12-19(13-15-20)18-6-4-3-5-7-18/h3-15H,2,16H2,1H3,(H2,27,28,33,34). The molecule has 0 saturated carbocycles. The molecule has 0 radical (unpaired) electrons. The number of rotatable bonds is 6. The molecule has 174 valence electrons. The number of thiocarbonyl (C=S) groups is 1. The lowest BCUT2D eigenvalue weighted by Gasteiger charge is -2.10. The summed E-state index contributed by atoms with van der Waals surface area (Å²) in [6.45, 7) is 2.53. The molecular weight excluding hydrogens is 476 g/mol. The lowest BCUT2D eigenvalue weighted by molar-refractivity contribution is 0.0976. The summed E-state index contributed by atoms with van der Waals surface area (Å²) in [5, 5.41) is 19.9. The molecule has 0 aliphatic carbocycles. The lowest BCUT2D eigenvalue weighted by Crippen LogP contribution is -2.38. The van der Waals surface area contributed by atoms with Gasteiger partial charge in [-0.25, -0.2) is 0 Å². The van der Waals surface area contributed by atoms with E-state index >= 15 is 0 Å². The molecule has 2 heterocycles. The van der Waals surface area contributed by atoms with Crippen LogP contribution in [0.5, 0.6) is 0 Å². The van der Waals surface area contributed by atoms with Crippen LogP contribution < -0.4 is 10.6 Å². The van der Waals surface area contributed by atoms with Crippen molar-refractivity contribution in [3.8, 4) is 21.7 Å². The number of carbonyl (C=O) groups excluding carboxylic acids is 1. The second kappa shape index (κ2) is 10.1. The molecule has 2 N–H and O–H groups in total. The molecule has 0 fully saturated rings. The maximum absolute atomic E-state index is 12.6. The maximum atomic E-state index is 12.6. The van der Waals surface area contributed by atoms with Crippen LogP contribution in [-0.4, -0.2) is 30.8 Å². The van der Waals surface area contributed by atoms with Crippen LogP contribution in [0.3, 0.4) is 0 Å². The second-order valence-electron chi connectivity index (χ2n) is 7.85. The van der Waals surface area contributed by atoms with Gasteiger partial charge in [0, 0.05) is 24.1 Å². The van der Waals surface area contributed by atoms with Crippen LogP contribution in [0.4, 0.5) is 0 Å². The van der Waals surface area contributed by atoms with Gasteiger partial charge in [0.1, 0.15) is 5.01 Å². The molecule has 5 aromatic rings. The average Bonchev–Trinajstić information content (AvgIpc) is 3.49. The Morgan fingerprint density at radius 1 is 0.914 bits per heavy atom. The van der Waals surface area contributed by atoms with Gasteiger partial charge < -0.3 is 5.32 Å². The molecule has 2 aromatic heterocycles. The van der Waals surface area contributed by atoms with Gasteiger partial charge in [-0.3, -0.25) is 10.1 Å². The molecule has 5 rings (SSSR count). The van der Waals surface area contributed by atoms with Crippen LogP contribution in [-0.2, 0) is 13.0 Å². The van der Waals surface area contributed by atoms with Crippen LogP contribution in [0.1, 0.15) is 28.7 Å². The third kappa shape index (κ3) is 5.11. The zero-order valence-corrected chi connectivity index (χ0v) is 20.6. The number of amides is 1. The van der Waals surface area contributed by atoms with Crippen molar-refractivity contribution in [2.45, 2.75) is 19.9 Å². The summed E-state index contributed by atoms with van der Waals surface area (Å²) < 4.78 is 1.80. The summed E-state index contributed by atoms with van der Waals surface area (Å²) >= 11 is 6.83. The van der Waals surface area contributed by atoms with Crippen LogP contribution in [0.2, 0.25) is 0 Å². The molecule has 0 spiro atoms. The number of nitrogens with zero attached hydrogens (tertiary/aromatic N) is 4. The summed E-state index contributed by atoms with van der Waals surface area (Å²) in [4.78, 5) is 13.3. The predicted octanol–water partition coefficient (Wildman–Crippen LogP) is 4.89. The Labute approximate surface area is 211 Å².